The van der Waals surface area contributed by atoms with Crippen LogP contribution in [0.3, 0.4) is 0 Å². The minimum absolute atomic E-state index is 0.319. The number of oxazole rings is 1. The molecule has 0 aliphatic rings. The van der Waals surface area contributed by atoms with E-state index < -0.39 is 0 Å². The molecule has 1 aromatic heterocycles. The van der Waals surface area contributed by atoms with Gasteiger partial charge in [0.1, 0.15) is 0 Å². The number of rotatable bonds is 8. The van der Waals surface area contributed by atoms with Crippen LogP contribution in [0.5, 0.6) is 0 Å². The maximum Gasteiger partial charge on any atom is 0.417 e. The molecule has 21 heavy (non-hydrogen) atoms. The Morgan fingerprint density at radius 3 is 2.52 bits per heavy atom. The lowest BCUT2D eigenvalue weighted by Crippen LogP contribution is -2.28. The maximum atomic E-state index is 11.3. The van der Waals surface area contributed by atoms with Crippen LogP contribution in [0.4, 0.5) is 0 Å². The molecule has 1 heterocycles. The first-order valence-corrected chi connectivity index (χ1v) is 8.05. The second-order valence-corrected chi connectivity index (χ2v) is 5.64. The van der Waals surface area contributed by atoms with Gasteiger partial charge in [-0.05, 0) is 43.0 Å². The Bertz CT molecular complexity index is 609. The molecular weight excluding hydrogens is 264 g/mol. The van der Waals surface area contributed by atoms with Gasteiger partial charge in [-0.1, -0.05) is 39.7 Å². The zero-order valence-electron chi connectivity index (χ0n) is 13.2. The summed E-state index contributed by atoms with van der Waals surface area (Å²) in [6, 6.07) is 6.35. The molecule has 116 valence electrons. The van der Waals surface area contributed by atoms with Gasteiger partial charge in [-0.25, -0.2) is 4.79 Å². The summed E-state index contributed by atoms with van der Waals surface area (Å²) >= 11 is 0. The van der Waals surface area contributed by atoms with Gasteiger partial charge in [-0.3, -0.25) is 4.98 Å². The maximum absolute atomic E-state index is 11.3. The van der Waals surface area contributed by atoms with E-state index in [-0.39, 0.29) is 5.76 Å². The average molecular weight is 290 g/mol. The zero-order chi connectivity index (χ0) is 15.2. The van der Waals surface area contributed by atoms with E-state index >= 15 is 0 Å². The number of aromatic amines is 1. The molecule has 1 aromatic carbocycles. The summed E-state index contributed by atoms with van der Waals surface area (Å²) in [7, 11) is 0. The molecule has 0 amide bonds. The second-order valence-electron chi connectivity index (χ2n) is 5.64. The monoisotopic (exact) mass is 290 g/mol. The van der Waals surface area contributed by atoms with Crippen molar-refractivity contribution < 1.29 is 4.42 Å². The molecule has 2 aromatic rings. The van der Waals surface area contributed by atoms with Crippen LogP contribution in [0, 0.1) is 5.92 Å². The summed E-state index contributed by atoms with van der Waals surface area (Å²) < 4.78 is 5.20. The van der Waals surface area contributed by atoms with Gasteiger partial charge < -0.3 is 9.73 Å². The van der Waals surface area contributed by atoms with Crippen LogP contribution in [0.2, 0.25) is 0 Å². The van der Waals surface area contributed by atoms with Crippen LogP contribution in [0.15, 0.2) is 27.4 Å². The summed E-state index contributed by atoms with van der Waals surface area (Å²) in [5, 5.41) is 3.61. The molecule has 1 unspecified atom stereocenters. The number of nitrogens with one attached hydrogen (secondary N) is 2. The van der Waals surface area contributed by atoms with Crippen molar-refractivity contribution in [2.75, 3.05) is 6.54 Å². The Morgan fingerprint density at radius 2 is 1.90 bits per heavy atom. The van der Waals surface area contributed by atoms with E-state index in [0.29, 0.717) is 17.5 Å². The molecule has 2 N–H and O–H groups in total. The van der Waals surface area contributed by atoms with Crippen LogP contribution in [0.1, 0.15) is 58.1 Å². The van der Waals surface area contributed by atoms with Crippen molar-refractivity contribution in [1.29, 1.82) is 0 Å². The van der Waals surface area contributed by atoms with Gasteiger partial charge >= 0.3 is 5.76 Å². The zero-order valence-corrected chi connectivity index (χ0v) is 13.2. The first-order chi connectivity index (χ1) is 10.2. The fourth-order valence-corrected chi connectivity index (χ4v) is 3.15. The third kappa shape index (κ3) is 3.76. The van der Waals surface area contributed by atoms with Crippen LogP contribution in [-0.4, -0.2) is 11.5 Å². The Balaban J connectivity index is 2.34. The molecule has 4 nitrogen and oxygen atoms in total. The molecule has 0 bridgehead atoms. The number of fused-ring (bicyclic) bond motifs is 1. The van der Waals surface area contributed by atoms with Gasteiger partial charge in [0, 0.05) is 6.04 Å². The van der Waals surface area contributed by atoms with Gasteiger partial charge in [0.15, 0.2) is 5.58 Å². The van der Waals surface area contributed by atoms with Gasteiger partial charge in [-0.2, -0.15) is 0 Å². The summed E-state index contributed by atoms with van der Waals surface area (Å²) in [5.41, 5.74) is 2.62. The summed E-state index contributed by atoms with van der Waals surface area (Å²) in [6.45, 7) is 7.54. The summed E-state index contributed by atoms with van der Waals surface area (Å²) in [4.78, 5) is 14.0. The van der Waals surface area contributed by atoms with E-state index in [1.54, 1.807) is 0 Å². The van der Waals surface area contributed by atoms with Crippen LogP contribution < -0.4 is 11.1 Å². The van der Waals surface area contributed by atoms with Crippen molar-refractivity contribution in [3.63, 3.8) is 0 Å². The molecule has 0 saturated carbocycles. The normalized spacial score (nSPS) is 13.1. The number of benzene rings is 1. The predicted molar refractivity (Wildman–Crippen MR) is 86.6 cm³/mol. The molecule has 0 aliphatic heterocycles. The highest BCUT2D eigenvalue weighted by Crippen LogP contribution is 2.31. The Kier molecular flexibility index (Phi) is 5.62. The minimum Gasteiger partial charge on any atom is -0.408 e. The van der Waals surface area contributed by atoms with Gasteiger partial charge in [-0.15, -0.1) is 0 Å². The van der Waals surface area contributed by atoms with Gasteiger partial charge in [0.25, 0.3) is 0 Å². The molecule has 1 atom stereocenters. The SMILES string of the molecule is CCCC(CCC)C(NCC)c1ccc2[nH]c(=O)oc2c1. The molecular formula is C17H26N2O2. The molecule has 0 spiro atoms. The van der Waals surface area contributed by atoms with Crippen molar-refractivity contribution >= 4 is 11.1 Å². The van der Waals surface area contributed by atoms with Crippen LogP contribution in [-0.2, 0) is 0 Å². The summed E-state index contributed by atoms with van der Waals surface area (Å²) in [6.07, 6.45) is 4.79. The largest absolute Gasteiger partial charge is 0.417 e. The highest BCUT2D eigenvalue weighted by molar-refractivity contribution is 5.72. The van der Waals surface area contributed by atoms with Crippen LogP contribution in [0.25, 0.3) is 11.1 Å². The van der Waals surface area contributed by atoms with E-state index in [2.05, 4.69) is 37.1 Å². The Hall–Kier alpha value is -1.55. The molecule has 0 radical (unpaired) electrons. The number of aromatic nitrogens is 1. The lowest BCUT2D eigenvalue weighted by molar-refractivity contribution is 0.320. The van der Waals surface area contributed by atoms with E-state index in [9.17, 15) is 4.79 Å². The third-order valence-electron chi connectivity index (χ3n) is 4.02. The van der Waals surface area contributed by atoms with Crippen LogP contribution >= 0.6 is 0 Å². The Labute approximate surface area is 125 Å². The predicted octanol–water partition coefficient (Wildman–Crippen LogP) is 3.99. The lowest BCUT2D eigenvalue weighted by Gasteiger charge is -2.28. The second kappa shape index (κ2) is 7.46. The lowest BCUT2D eigenvalue weighted by atomic mass is 9.86. The number of hydrogen-bond acceptors (Lipinski definition) is 3. The van der Waals surface area contributed by atoms with Crippen molar-refractivity contribution in [3.8, 4) is 0 Å². The Morgan fingerprint density at radius 1 is 1.19 bits per heavy atom. The minimum atomic E-state index is -0.388. The fraction of sp³-hybridized carbons (Fsp3) is 0.588. The number of hydrogen-bond donors (Lipinski definition) is 2. The highest BCUT2D eigenvalue weighted by Gasteiger charge is 2.21. The van der Waals surface area contributed by atoms with E-state index in [0.717, 1.165) is 12.1 Å². The van der Waals surface area contributed by atoms with E-state index in [1.165, 1.54) is 31.2 Å². The van der Waals surface area contributed by atoms with Gasteiger partial charge in [0.05, 0.1) is 5.52 Å². The van der Waals surface area contributed by atoms with Crippen molar-refractivity contribution in [3.05, 3.63) is 34.3 Å². The highest BCUT2D eigenvalue weighted by atomic mass is 16.4. The van der Waals surface area contributed by atoms with Crippen molar-refractivity contribution in [1.82, 2.24) is 10.3 Å². The molecule has 0 aliphatic carbocycles. The smallest absolute Gasteiger partial charge is 0.408 e. The topological polar surface area (TPSA) is 58.0 Å². The van der Waals surface area contributed by atoms with E-state index in [1.807, 2.05) is 12.1 Å². The quantitative estimate of drug-likeness (QED) is 0.773. The third-order valence-corrected chi connectivity index (χ3v) is 4.02. The number of H-pyrrole nitrogens is 1. The molecule has 2 rings (SSSR count). The molecule has 0 saturated heterocycles. The first kappa shape index (κ1) is 15.8. The molecule has 4 heteroatoms. The molecule has 0 fully saturated rings. The van der Waals surface area contributed by atoms with Crippen molar-refractivity contribution in [2.24, 2.45) is 5.92 Å². The average Bonchev–Trinajstić information content (AvgIpc) is 2.83. The van der Waals surface area contributed by atoms with E-state index in [4.69, 9.17) is 4.42 Å². The summed E-state index contributed by atoms with van der Waals surface area (Å²) in [5.74, 6) is 0.226. The van der Waals surface area contributed by atoms with Crippen molar-refractivity contribution in [2.45, 2.75) is 52.5 Å². The van der Waals surface area contributed by atoms with Gasteiger partial charge in [0.2, 0.25) is 0 Å². The first-order valence-electron chi connectivity index (χ1n) is 8.05. The standard InChI is InChI=1S/C17H26N2O2/c1-4-7-12(8-5-2)16(18-6-3)13-9-10-14-15(11-13)21-17(20)19-14/h9-12,16,18H,4-8H2,1-3H3,(H,19,20). The fourth-order valence-electron chi connectivity index (χ4n) is 3.15.